The highest BCUT2D eigenvalue weighted by Crippen LogP contribution is 2.22. The summed E-state index contributed by atoms with van der Waals surface area (Å²) < 4.78 is 5.32. The maximum atomic E-state index is 11.7. The summed E-state index contributed by atoms with van der Waals surface area (Å²) in [6.07, 6.45) is 2.22. The van der Waals surface area contributed by atoms with E-state index in [0.29, 0.717) is 6.61 Å². The molecule has 83 valence electrons. The van der Waals surface area contributed by atoms with Gasteiger partial charge in [0.15, 0.2) is 0 Å². The topological polar surface area (TPSA) is 29.1 Å². The van der Waals surface area contributed by atoms with E-state index in [9.17, 15) is 5.11 Å². The Morgan fingerprint density at radius 2 is 1.87 bits per heavy atom. The van der Waals surface area contributed by atoms with Crippen molar-refractivity contribution in [2.75, 3.05) is 6.61 Å². The van der Waals surface area contributed by atoms with Crippen LogP contribution in [-0.4, -0.2) is 6.61 Å². The molecule has 0 saturated heterocycles. The molecule has 2 nitrogen and oxygen atoms in total. The minimum Gasteiger partial charge on any atom is -0.494 e. The van der Waals surface area contributed by atoms with Gasteiger partial charge in [0.05, 0.1) is 6.61 Å². The van der Waals surface area contributed by atoms with E-state index in [1.54, 1.807) is 0 Å². The summed E-state index contributed by atoms with van der Waals surface area (Å²) in [5.74, 6) is 0.837. The Kier molecular flexibility index (Phi) is 5.19. The summed E-state index contributed by atoms with van der Waals surface area (Å²) >= 11 is 0. The molecular weight excluding hydrogens is 188 g/mol. The predicted octanol–water partition coefficient (Wildman–Crippen LogP) is 3.75. The van der Waals surface area contributed by atoms with E-state index in [1.165, 1.54) is 0 Å². The monoisotopic (exact) mass is 207 g/mol. The van der Waals surface area contributed by atoms with E-state index in [1.807, 2.05) is 31.2 Å². The maximum Gasteiger partial charge on any atom is 0.119 e. The van der Waals surface area contributed by atoms with E-state index in [4.69, 9.17) is 4.74 Å². The van der Waals surface area contributed by atoms with Gasteiger partial charge in [-0.05, 0) is 31.0 Å². The zero-order valence-electron chi connectivity index (χ0n) is 9.53. The lowest BCUT2D eigenvalue weighted by atomic mass is 10.0. The van der Waals surface area contributed by atoms with Gasteiger partial charge in [-0.1, -0.05) is 31.9 Å². The molecule has 0 saturated carbocycles. The Bertz CT molecular complexity index is 266. The molecule has 1 rings (SSSR count). The molecule has 0 aliphatic heterocycles. The van der Waals surface area contributed by atoms with Gasteiger partial charge in [0.1, 0.15) is 11.9 Å². The first-order valence-corrected chi connectivity index (χ1v) is 5.66. The zero-order chi connectivity index (χ0) is 11.1. The average molecular weight is 207 g/mol. The molecule has 0 spiro atoms. The zero-order valence-corrected chi connectivity index (χ0v) is 9.53. The molecule has 1 aromatic carbocycles. The molecule has 1 unspecified atom stereocenters. The summed E-state index contributed by atoms with van der Waals surface area (Å²) in [7, 11) is 0. The Morgan fingerprint density at radius 3 is 2.40 bits per heavy atom. The third-order valence-electron chi connectivity index (χ3n) is 2.38. The van der Waals surface area contributed by atoms with Crippen molar-refractivity contribution in [2.24, 2.45) is 0 Å². The number of rotatable bonds is 6. The minimum absolute atomic E-state index is 0.583. The largest absolute Gasteiger partial charge is 0.494 e. The predicted molar refractivity (Wildman–Crippen MR) is 60.6 cm³/mol. The van der Waals surface area contributed by atoms with Gasteiger partial charge in [0.25, 0.3) is 0 Å². The Labute approximate surface area is 91.9 Å². The molecule has 1 atom stereocenters. The number of hydrogen-bond donors (Lipinski definition) is 0. The third-order valence-corrected chi connectivity index (χ3v) is 2.38. The lowest BCUT2D eigenvalue weighted by Gasteiger charge is -2.09. The van der Waals surface area contributed by atoms with Crippen LogP contribution in [0.1, 0.15) is 44.8 Å². The standard InChI is InChI=1S/C13H19O2/c1-3-5-6-13(14)11-7-9-12(10-8-11)15-4-2/h7-10,13H,3-6H2,1-2H3. The minimum atomic E-state index is -0.583. The number of unbranched alkanes of at least 4 members (excludes halogenated alkanes) is 1. The van der Waals surface area contributed by atoms with Crippen molar-refractivity contribution in [3.63, 3.8) is 0 Å². The van der Waals surface area contributed by atoms with Gasteiger partial charge in [0.2, 0.25) is 0 Å². The maximum absolute atomic E-state index is 11.7. The summed E-state index contributed by atoms with van der Waals surface area (Å²) in [6.45, 7) is 4.71. The van der Waals surface area contributed by atoms with Crippen molar-refractivity contribution in [3.8, 4) is 5.75 Å². The Morgan fingerprint density at radius 1 is 1.20 bits per heavy atom. The third kappa shape index (κ3) is 3.92. The lowest BCUT2D eigenvalue weighted by molar-refractivity contribution is 0.0790. The second-order valence-electron chi connectivity index (χ2n) is 3.63. The molecular formula is C13H19O2. The van der Waals surface area contributed by atoms with E-state index in [-0.39, 0.29) is 0 Å². The molecule has 0 fully saturated rings. The first kappa shape index (κ1) is 12.1. The van der Waals surface area contributed by atoms with Crippen molar-refractivity contribution in [1.82, 2.24) is 0 Å². The van der Waals surface area contributed by atoms with E-state index < -0.39 is 6.10 Å². The molecule has 0 aromatic heterocycles. The van der Waals surface area contributed by atoms with Gasteiger partial charge in [-0.2, -0.15) is 0 Å². The Hall–Kier alpha value is -1.02. The van der Waals surface area contributed by atoms with Crippen LogP contribution in [-0.2, 0) is 5.11 Å². The van der Waals surface area contributed by atoms with Gasteiger partial charge in [0, 0.05) is 0 Å². The van der Waals surface area contributed by atoms with Crippen molar-refractivity contribution in [2.45, 2.75) is 39.2 Å². The normalized spacial score (nSPS) is 12.5. The SMILES string of the molecule is CCCCC([O])c1ccc(OCC)cc1. The van der Waals surface area contributed by atoms with Gasteiger partial charge >= 0.3 is 0 Å². The molecule has 0 N–H and O–H groups in total. The quantitative estimate of drug-likeness (QED) is 0.698. The lowest BCUT2D eigenvalue weighted by Crippen LogP contribution is -1.96. The van der Waals surface area contributed by atoms with Gasteiger partial charge in [-0.3, -0.25) is 0 Å². The van der Waals surface area contributed by atoms with Crippen LogP contribution in [0.2, 0.25) is 0 Å². The molecule has 2 heteroatoms. The highest BCUT2D eigenvalue weighted by atomic mass is 16.5. The van der Waals surface area contributed by atoms with Crippen molar-refractivity contribution in [3.05, 3.63) is 29.8 Å². The van der Waals surface area contributed by atoms with Crippen LogP contribution >= 0.6 is 0 Å². The number of hydrogen-bond acceptors (Lipinski definition) is 1. The summed E-state index contributed by atoms with van der Waals surface area (Å²) in [5, 5.41) is 11.7. The molecule has 0 bridgehead atoms. The second-order valence-corrected chi connectivity index (χ2v) is 3.63. The van der Waals surface area contributed by atoms with Crippen molar-refractivity contribution >= 4 is 0 Å². The van der Waals surface area contributed by atoms with E-state index >= 15 is 0 Å². The average Bonchev–Trinajstić information content (AvgIpc) is 2.27. The first-order chi connectivity index (χ1) is 7.27. The van der Waals surface area contributed by atoms with Crippen molar-refractivity contribution in [1.29, 1.82) is 0 Å². The number of ether oxygens (including phenoxy) is 1. The molecule has 0 aliphatic rings. The van der Waals surface area contributed by atoms with E-state index in [0.717, 1.165) is 30.6 Å². The first-order valence-electron chi connectivity index (χ1n) is 5.66. The molecule has 15 heavy (non-hydrogen) atoms. The van der Waals surface area contributed by atoms with Crippen molar-refractivity contribution < 1.29 is 9.84 Å². The molecule has 1 aromatic rings. The second kappa shape index (κ2) is 6.46. The summed E-state index contributed by atoms with van der Waals surface area (Å²) in [5.41, 5.74) is 0.868. The van der Waals surface area contributed by atoms with Crippen LogP contribution in [0.5, 0.6) is 5.75 Å². The summed E-state index contributed by atoms with van der Waals surface area (Å²) in [4.78, 5) is 0. The van der Waals surface area contributed by atoms with Crippen LogP contribution in [0.15, 0.2) is 24.3 Å². The van der Waals surface area contributed by atoms with Gasteiger partial charge in [-0.25, -0.2) is 5.11 Å². The molecule has 0 heterocycles. The smallest absolute Gasteiger partial charge is 0.119 e. The fourth-order valence-corrected chi connectivity index (χ4v) is 1.50. The van der Waals surface area contributed by atoms with Crippen LogP contribution in [0, 0.1) is 0 Å². The van der Waals surface area contributed by atoms with Gasteiger partial charge in [-0.15, -0.1) is 0 Å². The fourth-order valence-electron chi connectivity index (χ4n) is 1.50. The van der Waals surface area contributed by atoms with Crippen LogP contribution in [0.4, 0.5) is 0 Å². The van der Waals surface area contributed by atoms with Gasteiger partial charge < -0.3 is 4.74 Å². The van der Waals surface area contributed by atoms with E-state index in [2.05, 4.69) is 6.92 Å². The van der Waals surface area contributed by atoms with Crippen LogP contribution in [0.25, 0.3) is 0 Å². The van der Waals surface area contributed by atoms with Crippen LogP contribution < -0.4 is 4.74 Å². The number of benzene rings is 1. The van der Waals surface area contributed by atoms with Crippen LogP contribution in [0.3, 0.4) is 0 Å². The summed E-state index contributed by atoms with van der Waals surface area (Å²) in [6, 6.07) is 7.49. The molecule has 1 radical (unpaired) electrons. The molecule has 0 amide bonds. The Balaban J connectivity index is 2.54. The molecule has 0 aliphatic carbocycles. The highest BCUT2D eigenvalue weighted by Gasteiger charge is 2.08. The fraction of sp³-hybridized carbons (Fsp3) is 0.538. The highest BCUT2D eigenvalue weighted by molar-refractivity contribution is 5.28.